The Bertz CT molecular complexity index is 453. The maximum Gasteiger partial charge on any atom is 0.310 e. The van der Waals surface area contributed by atoms with Crippen molar-refractivity contribution in [3.8, 4) is 0 Å². The van der Waals surface area contributed by atoms with E-state index in [4.69, 9.17) is 4.74 Å². The lowest BCUT2D eigenvalue weighted by Gasteiger charge is -2.36. The first-order chi connectivity index (χ1) is 10.6. The van der Waals surface area contributed by atoms with Crippen molar-refractivity contribution in [2.24, 2.45) is 11.8 Å². The van der Waals surface area contributed by atoms with Gasteiger partial charge in [-0.1, -0.05) is 44.2 Å². The number of hydrogen-bond acceptors (Lipinski definition) is 4. The topological polar surface area (TPSA) is 32.8 Å². The van der Waals surface area contributed by atoms with Crippen LogP contribution >= 0.6 is 0 Å². The fourth-order valence-electron chi connectivity index (χ4n) is 2.96. The number of esters is 1. The van der Waals surface area contributed by atoms with Crippen molar-refractivity contribution < 1.29 is 9.53 Å². The molecule has 0 aromatic heterocycles. The van der Waals surface area contributed by atoms with Crippen molar-refractivity contribution in [2.45, 2.75) is 20.4 Å². The normalized spacial score (nSPS) is 18.4. The van der Waals surface area contributed by atoms with Gasteiger partial charge in [-0.25, -0.2) is 0 Å². The molecule has 1 atom stereocenters. The number of nitrogens with zero attached hydrogens (tertiary/aromatic N) is 2. The van der Waals surface area contributed by atoms with Crippen molar-refractivity contribution >= 4 is 5.97 Å². The Hall–Kier alpha value is -1.39. The molecule has 1 fully saturated rings. The molecule has 0 radical (unpaired) electrons. The molecule has 1 heterocycles. The zero-order valence-corrected chi connectivity index (χ0v) is 14.0. The number of methoxy groups -OCH3 is 1. The molecule has 0 unspecified atom stereocenters. The Morgan fingerprint density at radius 1 is 1.09 bits per heavy atom. The van der Waals surface area contributed by atoms with Gasteiger partial charge in [-0.2, -0.15) is 0 Å². The zero-order chi connectivity index (χ0) is 15.9. The molecule has 0 bridgehead atoms. The second-order valence-corrected chi connectivity index (χ2v) is 6.44. The number of hydrogen-bond donors (Lipinski definition) is 0. The van der Waals surface area contributed by atoms with E-state index in [1.165, 1.54) is 12.7 Å². The molecule has 2 rings (SSSR count). The molecule has 0 saturated carbocycles. The smallest absolute Gasteiger partial charge is 0.310 e. The molecule has 122 valence electrons. The van der Waals surface area contributed by atoms with Gasteiger partial charge in [-0.05, 0) is 11.5 Å². The predicted molar refractivity (Wildman–Crippen MR) is 88.5 cm³/mol. The number of carbonyl (C=O) groups excluding carboxylic acids is 1. The summed E-state index contributed by atoms with van der Waals surface area (Å²) in [4.78, 5) is 16.7. The number of ether oxygens (including phenoxy) is 1. The lowest BCUT2D eigenvalue weighted by molar-refractivity contribution is -0.148. The Kier molecular flexibility index (Phi) is 6.40. The molecule has 1 aromatic rings. The van der Waals surface area contributed by atoms with Gasteiger partial charge in [-0.3, -0.25) is 14.6 Å². The van der Waals surface area contributed by atoms with Crippen LogP contribution in [0.15, 0.2) is 30.3 Å². The minimum Gasteiger partial charge on any atom is -0.469 e. The fourth-order valence-corrected chi connectivity index (χ4v) is 2.96. The van der Waals surface area contributed by atoms with Crippen molar-refractivity contribution in [1.82, 2.24) is 9.80 Å². The van der Waals surface area contributed by atoms with Crippen molar-refractivity contribution in [2.75, 3.05) is 39.8 Å². The highest BCUT2D eigenvalue weighted by Gasteiger charge is 2.27. The average Bonchev–Trinajstić information content (AvgIpc) is 2.54. The molecular weight excluding hydrogens is 276 g/mol. The first-order valence-electron chi connectivity index (χ1n) is 8.16. The predicted octanol–water partition coefficient (Wildman–Crippen LogP) is 2.25. The third kappa shape index (κ3) is 4.82. The van der Waals surface area contributed by atoms with E-state index in [0.717, 1.165) is 39.3 Å². The molecular formula is C18H28N2O2. The first-order valence-corrected chi connectivity index (χ1v) is 8.16. The SMILES string of the molecule is COC(=O)[C@@H](CN1CCN(Cc2ccccc2)CC1)C(C)C. The molecule has 0 aliphatic carbocycles. The average molecular weight is 304 g/mol. The van der Waals surface area contributed by atoms with Crippen molar-refractivity contribution in [3.05, 3.63) is 35.9 Å². The van der Waals surface area contributed by atoms with Crippen LogP contribution in [0.1, 0.15) is 19.4 Å². The zero-order valence-electron chi connectivity index (χ0n) is 14.0. The maximum atomic E-state index is 11.9. The molecule has 0 N–H and O–H groups in total. The van der Waals surface area contributed by atoms with Gasteiger partial charge in [0.2, 0.25) is 0 Å². The summed E-state index contributed by atoms with van der Waals surface area (Å²) in [5.41, 5.74) is 1.37. The first kappa shape index (κ1) is 17.0. The highest BCUT2D eigenvalue weighted by Crippen LogP contribution is 2.16. The van der Waals surface area contributed by atoms with E-state index in [9.17, 15) is 4.79 Å². The second-order valence-electron chi connectivity index (χ2n) is 6.44. The van der Waals surface area contributed by atoms with E-state index in [-0.39, 0.29) is 11.9 Å². The van der Waals surface area contributed by atoms with Gasteiger partial charge in [0.1, 0.15) is 0 Å². The molecule has 0 spiro atoms. The van der Waals surface area contributed by atoms with Crippen LogP contribution < -0.4 is 0 Å². The summed E-state index contributed by atoms with van der Waals surface area (Å²) >= 11 is 0. The summed E-state index contributed by atoms with van der Waals surface area (Å²) in [6, 6.07) is 10.6. The molecule has 22 heavy (non-hydrogen) atoms. The molecule has 0 amide bonds. The Morgan fingerprint density at radius 2 is 1.68 bits per heavy atom. The van der Waals surface area contributed by atoms with Crippen molar-refractivity contribution in [1.29, 1.82) is 0 Å². The summed E-state index contributed by atoms with van der Waals surface area (Å²) in [5, 5.41) is 0. The van der Waals surface area contributed by atoms with Crippen LogP contribution in [0.25, 0.3) is 0 Å². The van der Waals surface area contributed by atoms with E-state index in [1.807, 2.05) is 0 Å². The van der Waals surface area contributed by atoms with E-state index in [0.29, 0.717) is 5.92 Å². The van der Waals surface area contributed by atoms with Crippen LogP contribution in [0.5, 0.6) is 0 Å². The van der Waals surface area contributed by atoms with Crippen LogP contribution in [-0.4, -0.2) is 55.6 Å². The number of carbonyl (C=O) groups is 1. The van der Waals surface area contributed by atoms with Gasteiger partial charge in [-0.15, -0.1) is 0 Å². The quantitative estimate of drug-likeness (QED) is 0.755. The van der Waals surface area contributed by atoms with Crippen LogP contribution in [-0.2, 0) is 16.1 Å². The molecule has 4 heteroatoms. The highest BCUT2D eigenvalue weighted by atomic mass is 16.5. The third-order valence-electron chi connectivity index (χ3n) is 4.48. The monoisotopic (exact) mass is 304 g/mol. The summed E-state index contributed by atoms with van der Waals surface area (Å²) in [7, 11) is 1.48. The van der Waals surface area contributed by atoms with Crippen LogP contribution in [0.3, 0.4) is 0 Å². The lowest BCUT2D eigenvalue weighted by Crippen LogP contribution is -2.48. The number of rotatable bonds is 6. The molecule has 1 aliphatic heterocycles. The van der Waals surface area contributed by atoms with Crippen LogP contribution in [0.2, 0.25) is 0 Å². The van der Waals surface area contributed by atoms with Gasteiger partial charge >= 0.3 is 5.97 Å². The van der Waals surface area contributed by atoms with E-state index in [2.05, 4.69) is 54.0 Å². The Labute approximate surface area is 134 Å². The highest BCUT2D eigenvalue weighted by molar-refractivity contribution is 5.72. The standard InChI is InChI=1S/C18H28N2O2/c1-15(2)17(18(21)22-3)14-20-11-9-19(10-12-20)13-16-7-5-4-6-8-16/h4-8,15,17H,9-14H2,1-3H3/t17-/m0/s1. The lowest BCUT2D eigenvalue weighted by atomic mass is 9.95. The minimum atomic E-state index is -0.0817. The molecule has 1 aromatic carbocycles. The fraction of sp³-hybridized carbons (Fsp3) is 0.611. The largest absolute Gasteiger partial charge is 0.469 e. The molecule has 1 saturated heterocycles. The maximum absolute atomic E-state index is 11.9. The van der Waals surface area contributed by atoms with Crippen LogP contribution in [0.4, 0.5) is 0 Å². The Morgan fingerprint density at radius 3 is 2.23 bits per heavy atom. The van der Waals surface area contributed by atoms with E-state index >= 15 is 0 Å². The van der Waals surface area contributed by atoms with Crippen molar-refractivity contribution in [3.63, 3.8) is 0 Å². The van der Waals surface area contributed by atoms with Crippen LogP contribution in [0, 0.1) is 11.8 Å². The second kappa shape index (κ2) is 8.30. The van der Waals surface area contributed by atoms with Gasteiger partial charge in [0.15, 0.2) is 0 Å². The Balaban J connectivity index is 1.80. The molecule has 4 nitrogen and oxygen atoms in total. The third-order valence-corrected chi connectivity index (χ3v) is 4.48. The summed E-state index contributed by atoms with van der Waals surface area (Å²) in [6.07, 6.45) is 0. The summed E-state index contributed by atoms with van der Waals surface area (Å²) in [6.45, 7) is 10.2. The van der Waals surface area contributed by atoms with Gasteiger partial charge in [0, 0.05) is 39.3 Å². The summed E-state index contributed by atoms with van der Waals surface area (Å²) < 4.78 is 4.94. The van der Waals surface area contributed by atoms with E-state index < -0.39 is 0 Å². The number of piperazine rings is 1. The van der Waals surface area contributed by atoms with Gasteiger partial charge < -0.3 is 4.74 Å². The van der Waals surface area contributed by atoms with E-state index in [1.54, 1.807) is 0 Å². The van der Waals surface area contributed by atoms with Gasteiger partial charge in [0.05, 0.1) is 13.0 Å². The minimum absolute atomic E-state index is 0.0225. The molecule has 1 aliphatic rings. The summed E-state index contributed by atoms with van der Waals surface area (Å²) in [5.74, 6) is 0.210. The number of benzene rings is 1. The van der Waals surface area contributed by atoms with Gasteiger partial charge in [0.25, 0.3) is 0 Å².